The molecule has 1 atom stereocenters. The molecule has 20 heavy (non-hydrogen) atoms. The summed E-state index contributed by atoms with van der Waals surface area (Å²) in [6.45, 7) is 1.63. The highest BCUT2D eigenvalue weighted by atomic mass is 16.5. The van der Waals surface area contributed by atoms with Crippen LogP contribution in [0.5, 0.6) is 5.88 Å². The molecule has 5 heteroatoms. The van der Waals surface area contributed by atoms with Crippen LogP contribution in [0.3, 0.4) is 0 Å². The van der Waals surface area contributed by atoms with Crippen molar-refractivity contribution in [3.05, 3.63) is 54.0 Å². The number of fused-ring (bicyclic) bond motifs is 1. The highest BCUT2D eigenvalue weighted by molar-refractivity contribution is 5.72. The minimum Gasteiger partial charge on any atom is -0.481 e. The van der Waals surface area contributed by atoms with Gasteiger partial charge >= 0.3 is 0 Å². The van der Waals surface area contributed by atoms with Gasteiger partial charge in [0, 0.05) is 17.8 Å². The van der Waals surface area contributed by atoms with Gasteiger partial charge in [-0.2, -0.15) is 0 Å². The monoisotopic (exact) mass is 270 g/mol. The van der Waals surface area contributed by atoms with Gasteiger partial charge in [-0.3, -0.25) is 0 Å². The number of rotatable bonds is 3. The number of nitrogens with zero attached hydrogens (tertiary/aromatic N) is 2. The van der Waals surface area contributed by atoms with Gasteiger partial charge in [-0.25, -0.2) is 9.97 Å². The Kier molecular flexibility index (Phi) is 2.91. The fourth-order valence-corrected chi connectivity index (χ4v) is 1.99. The zero-order valence-electron chi connectivity index (χ0n) is 11.2. The Bertz CT molecular complexity index is 699. The number of aromatic nitrogens is 2. The van der Waals surface area contributed by atoms with Crippen molar-refractivity contribution in [1.82, 2.24) is 9.97 Å². The van der Waals surface area contributed by atoms with Crippen LogP contribution in [0.4, 0.5) is 0 Å². The number of methoxy groups -OCH3 is 1. The summed E-state index contributed by atoms with van der Waals surface area (Å²) in [5.41, 5.74) is 0.594. The third-order valence-electron chi connectivity index (χ3n) is 3.22. The van der Waals surface area contributed by atoms with Crippen LogP contribution in [0.25, 0.3) is 11.1 Å². The van der Waals surface area contributed by atoms with Gasteiger partial charge in [0.05, 0.1) is 7.11 Å². The number of hydrogen-bond donors (Lipinski definition) is 1. The number of pyridine rings is 1. The minimum absolute atomic E-state index is 0.241. The maximum absolute atomic E-state index is 10.7. The van der Waals surface area contributed by atoms with E-state index in [1.165, 1.54) is 0 Å². The highest BCUT2D eigenvalue weighted by Crippen LogP contribution is 2.30. The summed E-state index contributed by atoms with van der Waals surface area (Å²) in [7, 11) is 1.54. The molecule has 0 radical (unpaired) electrons. The summed E-state index contributed by atoms with van der Waals surface area (Å²) in [4.78, 5) is 8.42. The standard InChI is InChI=1S/C15H14N2O3/c1-15(18,10-7-8-13(19-2)16-9-10)14-17-11-5-3-4-6-12(11)20-14/h3-9,18H,1-2H3. The van der Waals surface area contributed by atoms with Crippen molar-refractivity contribution in [2.45, 2.75) is 12.5 Å². The van der Waals surface area contributed by atoms with Gasteiger partial charge in [0.15, 0.2) is 11.2 Å². The lowest BCUT2D eigenvalue weighted by molar-refractivity contribution is 0.0722. The molecule has 0 aliphatic carbocycles. The number of benzene rings is 1. The lowest BCUT2D eigenvalue weighted by atomic mass is 9.98. The maximum atomic E-state index is 10.7. The second-order valence-electron chi connectivity index (χ2n) is 4.65. The summed E-state index contributed by atoms with van der Waals surface area (Å²) in [6, 6.07) is 10.8. The molecule has 1 unspecified atom stereocenters. The van der Waals surface area contributed by atoms with E-state index in [1.807, 2.05) is 24.3 Å². The zero-order valence-corrected chi connectivity index (χ0v) is 11.2. The van der Waals surface area contributed by atoms with E-state index in [1.54, 1.807) is 32.4 Å². The summed E-state index contributed by atoms with van der Waals surface area (Å²) in [5, 5.41) is 10.7. The van der Waals surface area contributed by atoms with Crippen LogP contribution in [-0.4, -0.2) is 22.2 Å². The summed E-state index contributed by atoms with van der Waals surface area (Å²) < 4.78 is 10.6. The second-order valence-corrected chi connectivity index (χ2v) is 4.65. The van der Waals surface area contributed by atoms with Crippen molar-refractivity contribution in [2.24, 2.45) is 0 Å². The molecule has 1 N–H and O–H groups in total. The first-order valence-electron chi connectivity index (χ1n) is 6.20. The summed E-state index contributed by atoms with van der Waals surface area (Å²) in [6.07, 6.45) is 1.55. The lowest BCUT2D eigenvalue weighted by Gasteiger charge is -2.19. The topological polar surface area (TPSA) is 68.4 Å². The predicted molar refractivity (Wildman–Crippen MR) is 73.5 cm³/mol. The molecule has 0 aliphatic heterocycles. The maximum Gasteiger partial charge on any atom is 0.231 e. The average Bonchev–Trinajstić information content (AvgIpc) is 2.92. The number of oxazole rings is 1. The fraction of sp³-hybridized carbons (Fsp3) is 0.200. The van der Waals surface area contributed by atoms with Crippen LogP contribution in [-0.2, 0) is 5.60 Å². The third-order valence-corrected chi connectivity index (χ3v) is 3.22. The first-order valence-corrected chi connectivity index (χ1v) is 6.20. The Morgan fingerprint density at radius 1 is 1.20 bits per heavy atom. The molecule has 0 saturated carbocycles. The molecule has 5 nitrogen and oxygen atoms in total. The Balaban J connectivity index is 2.04. The molecular weight excluding hydrogens is 256 g/mol. The molecule has 0 bridgehead atoms. The number of ether oxygens (including phenoxy) is 1. The van der Waals surface area contributed by atoms with E-state index >= 15 is 0 Å². The van der Waals surface area contributed by atoms with Gasteiger partial charge in [-0.05, 0) is 25.1 Å². The molecule has 102 valence electrons. The molecule has 0 amide bonds. The van der Waals surface area contributed by atoms with Crippen LogP contribution in [0.1, 0.15) is 18.4 Å². The largest absolute Gasteiger partial charge is 0.481 e. The van der Waals surface area contributed by atoms with E-state index in [-0.39, 0.29) is 5.89 Å². The van der Waals surface area contributed by atoms with E-state index in [0.29, 0.717) is 22.5 Å². The van der Waals surface area contributed by atoms with Crippen molar-refractivity contribution in [1.29, 1.82) is 0 Å². The lowest BCUT2D eigenvalue weighted by Crippen LogP contribution is -2.23. The number of para-hydroxylation sites is 2. The van der Waals surface area contributed by atoms with Crippen molar-refractivity contribution in [3.8, 4) is 5.88 Å². The van der Waals surface area contributed by atoms with E-state index < -0.39 is 5.60 Å². The minimum atomic E-state index is -1.35. The van der Waals surface area contributed by atoms with E-state index in [9.17, 15) is 5.11 Å². The number of aliphatic hydroxyl groups is 1. The fourth-order valence-electron chi connectivity index (χ4n) is 1.99. The Labute approximate surface area is 115 Å². The van der Waals surface area contributed by atoms with E-state index in [2.05, 4.69) is 9.97 Å². The van der Waals surface area contributed by atoms with Gasteiger partial charge in [-0.1, -0.05) is 12.1 Å². The second kappa shape index (κ2) is 4.61. The van der Waals surface area contributed by atoms with Crippen LogP contribution in [0.2, 0.25) is 0 Å². The smallest absolute Gasteiger partial charge is 0.231 e. The van der Waals surface area contributed by atoms with Gasteiger partial charge in [-0.15, -0.1) is 0 Å². The molecule has 2 aromatic heterocycles. The molecule has 2 heterocycles. The number of hydrogen-bond acceptors (Lipinski definition) is 5. The van der Waals surface area contributed by atoms with Crippen LogP contribution >= 0.6 is 0 Å². The molecule has 1 aromatic carbocycles. The molecule has 0 spiro atoms. The average molecular weight is 270 g/mol. The zero-order chi connectivity index (χ0) is 14.2. The summed E-state index contributed by atoms with van der Waals surface area (Å²) in [5.74, 6) is 0.729. The normalized spacial score (nSPS) is 14.2. The molecular formula is C15H14N2O3. The molecule has 3 aromatic rings. The van der Waals surface area contributed by atoms with Gasteiger partial charge < -0.3 is 14.3 Å². The molecule has 0 saturated heterocycles. The molecule has 0 fully saturated rings. The quantitative estimate of drug-likeness (QED) is 0.792. The molecule has 0 aliphatic rings. The third kappa shape index (κ3) is 2.02. The Morgan fingerprint density at radius 3 is 2.65 bits per heavy atom. The van der Waals surface area contributed by atoms with Gasteiger partial charge in [0.1, 0.15) is 5.52 Å². The van der Waals surface area contributed by atoms with E-state index in [0.717, 1.165) is 0 Å². The van der Waals surface area contributed by atoms with Crippen molar-refractivity contribution >= 4 is 11.1 Å². The molecule has 3 rings (SSSR count). The SMILES string of the molecule is COc1ccc(C(C)(O)c2nc3ccccc3o2)cn1. The van der Waals surface area contributed by atoms with Crippen molar-refractivity contribution in [2.75, 3.05) is 7.11 Å². The van der Waals surface area contributed by atoms with Crippen LogP contribution in [0, 0.1) is 0 Å². The first kappa shape index (κ1) is 12.6. The van der Waals surface area contributed by atoms with E-state index in [4.69, 9.17) is 9.15 Å². The predicted octanol–water partition coefficient (Wildman–Crippen LogP) is 2.49. The highest BCUT2D eigenvalue weighted by Gasteiger charge is 2.32. The van der Waals surface area contributed by atoms with Crippen LogP contribution < -0.4 is 4.74 Å². The first-order chi connectivity index (χ1) is 9.61. The van der Waals surface area contributed by atoms with Crippen LogP contribution in [0.15, 0.2) is 47.0 Å². The Morgan fingerprint density at radius 2 is 2.00 bits per heavy atom. The Hall–Kier alpha value is -2.40. The van der Waals surface area contributed by atoms with Crippen molar-refractivity contribution < 1.29 is 14.3 Å². The van der Waals surface area contributed by atoms with Crippen molar-refractivity contribution in [3.63, 3.8) is 0 Å². The van der Waals surface area contributed by atoms with Gasteiger partial charge in [0.25, 0.3) is 0 Å². The van der Waals surface area contributed by atoms with Gasteiger partial charge in [0.2, 0.25) is 11.8 Å². The summed E-state index contributed by atoms with van der Waals surface area (Å²) >= 11 is 0.